The van der Waals surface area contributed by atoms with Gasteiger partial charge < -0.3 is 14.8 Å². The molecule has 0 heterocycles. The third-order valence-electron chi connectivity index (χ3n) is 4.74. The predicted molar refractivity (Wildman–Crippen MR) is 83.6 cm³/mol. The number of hydrogen-bond donors (Lipinski definition) is 1. The summed E-state index contributed by atoms with van der Waals surface area (Å²) >= 11 is 0. The van der Waals surface area contributed by atoms with Crippen LogP contribution in [0.3, 0.4) is 0 Å². The Kier molecular flexibility index (Phi) is 4.45. The van der Waals surface area contributed by atoms with Gasteiger partial charge in [-0.1, -0.05) is 26.7 Å². The van der Waals surface area contributed by atoms with Crippen molar-refractivity contribution < 1.29 is 14.3 Å². The molecule has 0 amide bonds. The van der Waals surface area contributed by atoms with Gasteiger partial charge in [0.15, 0.2) is 0 Å². The number of esters is 1. The molecule has 4 heteroatoms. The van der Waals surface area contributed by atoms with E-state index in [2.05, 4.69) is 19.2 Å². The molecule has 1 atom stereocenters. The lowest BCUT2D eigenvalue weighted by atomic mass is 9.63. The quantitative estimate of drug-likeness (QED) is 0.861. The third kappa shape index (κ3) is 2.85. The van der Waals surface area contributed by atoms with Crippen LogP contribution in [-0.2, 0) is 9.53 Å². The number of benzene rings is 1. The molecule has 1 aliphatic carbocycles. The van der Waals surface area contributed by atoms with Crippen LogP contribution in [0.4, 0.5) is 5.69 Å². The van der Waals surface area contributed by atoms with Gasteiger partial charge in [-0.25, -0.2) is 4.79 Å². The maximum Gasteiger partial charge on any atom is 0.332 e. The van der Waals surface area contributed by atoms with Crippen LogP contribution >= 0.6 is 0 Å². The summed E-state index contributed by atoms with van der Waals surface area (Å²) in [7, 11) is 3.10. The summed E-state index contributed by atoms with van der Waals surface area (Å²) < 4.78 is 10.3. The van der Waals surface area contributed by atoms with E-state index < -0.39 is 5.54 Å². The fraction of sp³-hybridized carbons (Fsp3) is 0.588. The molecule has 1 aliphatic rings. The van der Waals surface area contributed by atoms with Crippen molar-refractivity contribution in [1.29, 1.82) is 0 Å². The molecule has 116 valence electrons. The summed E-state index contributed by atoms with van der Waals surface area (Å²) in [6.45, 7) is 4.28. The van der Waals surface area contributed by atoms with E-state index in [1.807, 2.05) is 24.3 Å². The summed E-state index contributed by atoms with van der Waals surface area (Å²) in [6, 6.07) is 7.66. The highest BCUT2D eigenvalue weighted by molar-refractivity contribution is 5.86. The Hall–Kier alpha value is -1.71. The lowest BCUT2D eigenvalue weighted by Crippen LogP contribution is -2.59. The smallest absolute Gasteiger partial charge is 0.332 e. The fourth-order valence-electron chi connectivity index (χ4n) is 3.26. The molecule has 1 fully saturated rings. The maximum absolute atomic E-state index is 12.5. The van der Waals surface area contributed by atoms with Crippen LogP contribution in [0.5, 0.6) is 5.75 Å². The van der Waals surface area contributed by atoms with Crippen LogP contribution < -0.4 is 10.1 Å². The Morgan fingerprint density at radius 3 is 2.24 bits per heavy atom. The van der Waals surface area contributed by atoms with Crippen molar-refractivity contribution in [3.8, 4) is 5.75 Å². The molecule has 1 N–H and O–H groups in total. The number of rotatable bonds is 4. The number of ether oxygens (including phenoxy) is 2. The first-order valence-electron chi connectivity index (χ1n) is 7.46. The lowest BCUT2D eigenvalue weighted by Gasteiger charge is -2.48. The topological polar surface area (TPSA) is 47.6 Å². The van der Waals surface area contributed by atoms with Crippen molar-refractivity contribution in [3.05, 3.63) is 24.3 Å². The summed E-state index contributed by atoms with van der Waals surface area (Å²) in [4.78, 5) is 12.5. The molecule has 0 saturated heterocycles. The maximum atomic E-state index is 12.5. The van der Waals surface area contributed by atoms with Gasteiger partial charge in [-0.2, -0.15) is 0 Å². The molecule has 1 unspecified atom stereocenters. The van der Waals surface area contributed by atoms with E-state index in [0.717, 1.165) is 37.1 Å². The first-order chi connectivity index (χ1) is 9.95. The fourth-order valence-corrected chi connectivity index (χ4v) is 3.26. The molecular weight excluding hydrogens is 266 g/mol. The first kappa shape index (κ1) is 15.7. The van der Waals surface area contributed by atoms with E-state index in [1.54, 1.807) is 7.11 Å². The van der Waals surface area contributed by atoms with Gasteiger partial charge >= 0.3 is 5.97 Å². The van der Waals surface area contributed by atoms with Crippen LogP contribution in [0.1, 0.15) is 39.5 Å². The zero-order valence-electron chi connectivity index (χ0n) is 13.4. The highest BCUT2D eigenvalue weighted by atomic mass is 16.5. The number of carbonyl (C=O) groups is 1. The van der Waals surface area contributed by atoms with Gasteiger partial charge in [-0.15, -0.1) is 0 Å². The van der Waals surface area contributed by atoms with Crippen LogP contribution in [0.25, 0.3) is 0 Å². The van der Waals surface area contributed by atoms with Gasteiger partial charge in [0.1, 0.15) is 11.3 Å². The van der Waals surface area contributed by atoms with Crippen molar-refractivity contribution in [2.24, 2.45) is 5.41 Å². The van der Waals surface area contributed by atoms with Crippen LogP contribution in [0.15, 0.2) is 24.3 Å². The number of anilines is 1. The monoisotopic (exact) mass is 291 g/mol. The Morgan fingerprint density at radius 1 is 1.10 bits per heavy atom. The van der Waals surface area contributed by atoms with E-state index in [0.29, 0.717) is 0 Å². The minimum Gasteiger partial charge on any atom is -0.497 e. The van der Waals surface area contributed by atoms with Crippen molar-refractivity contribution in [2.45, 2.75) is 45.1 Å². The van der Waals surface area contributed by atoms with Crippen molar-refractivity contribution in [1.82, 2.24) is 0 Å². The summed E-state index contributed by atoms with van der Waals surface area (Å²) in [6.07, 6.45) is 3.97. The molecule has 1 saturated carbocycles. The molecule has 2 rings (SSSR count). The molecule has 21 heavy (non-hydrogen) atoms. The van der Waals surface area contributed by atoms with Gasteiger partial charge in [0.25, 0.3) is 0 Å². The standard InChI is InChI=1S/C17H25NO3/c1-16(2)11-5-6-12-17(16,15(19)21-4)18-13-7-9-14(20-3)10-8-13/h7-10,18H,5-6,11-12H2,1-4H3. The lowest BCUT2D eigenvalue weighted by molar-refractivity contribution is -0.152. The first-order valence-corrected chi connectivity index (χ1v) is 7.46. The van der Waals surface area contributed by atoms with Crippen LogP contribution in [0, 0.1) is 5.41 Å². The highest BCUT2D eigenvalue weighted by Gasteiger charge is 2.53. The largest absolute Gasteiger partial charge is 0.497 e. The summed E-state index contributed by atoms with van der Waals surface area (Å²) in [5.74, 6) is 0.624. The average Bonchev–Trinajstić information content (AvgIpc) is 2.49. The van der Waals surface area contributed by atoms with Gasteiger partial charge in [-0.3, -0.25) is 0 Å². The van der Waals surface area contributed by atoms with Crippen molar-refractivity contribution in [3.63, 3.8) is 0 Å². The zero-order valence-corrected chi connectivity index (χ0v) is 13.4. The SMILES string of the molecule is COC(=O)C1(Nc2ccc(OC)cc2)CCCCC1(C)C. The van der Waals surface area contributed by atoms with Gasteiger partial charge in [0, 0.05) is 5.69 Å². The van der Waals surface area contributed by atoms with Crippen LogP contribution in [-0.4, -0.2) is 25.7 Å². The van der Waals surface area contributed by atoms with Crippen molar-refractivity contribution >= 4 is 11.7 Å². The van der Waals surface area contributed by atoms with Gasteiger partial charge in [-0.05, 0) is 42.5 Å². The zero-order chi connectivity index (χ0) is 15.5. The van der Waals surface area contributed by atoms with E-state index >= 15 is 0 Å². The van der Waals surface area contributed by atoms with E-state index in [9.17, 15) is 4.79 Å². The molecule has 4 nitrogen and oxygen atoms in total. The normalized spacial score (nSPS) is 24.2. The number of methoxy groups -OCH3 is 2. The van der Waals surface area contributed by atoms with E-state index in [4.69, 9.17) is 9.47 Å². The Morgan fingerprint density at radius 2 is 1.71 bits per heavy atom. The Balaban J connectivity index is 2.33. The molecule has 0 bridgehead atoms. The second-order valence-electron chi connectivity index (χ2n) is 6.34. The Bertz CT molecular complexity index is 495. The van der Waals surface area contributed by atoms with Crippen molar-refractivity contribution in [2.75, 3.05) is 19.5 Å². The molecule has 1 aromatic rings. The predicted octanol–water partition coefficient (Wildman–Crippen LogP) is 3.62. The van der Waals surface area contributed by atoms with Gasteiger partial charge in [0.05, 0.1) is 14.2 Å². The highest BCUT2D eigenvalue weighted by Crippen LogP contribution is 2.46. The summed E-state index contributed by atoms with van der Waals surface area (Å²) in [5, 5.41) is 3.46. The second-order valence-corrected chi connectivity index (χ2v) is 6.34. The molecule has 0 aromatic heterocycles. The van der Waals surface area contributed by atoms with Gasteiger partial charge in [0.2, 0.25) is 0 Å². The van der Waals surface area contributed by atoms with Crippen LogP contribution in [0.2, 0.25) is 0 Å². The molecule has 0 radical (unpaired) electrons. The molecule has 1 aromatic carbocycles. The minimum atomic E-state index is -0.672. The summed E-state index contributed by atoms with van der Waals surface area (Å²) in [5.41, 5.74) is 0.0866. The van der Waals surface area contributed by atoms with E-state index in [-0.39, 0.29) is 11.4 Å². The number of carbonyl (C=O) groups excluding carboxylic acids is 1. The molecular formula is C17H25NO3. The molecule has 0 spiro atoms. The third-order valence-corrected chi connectivity index (χ3v) is 4.74. The number of nitrogens with one attached hydrogen (secondary N) is 1. The van der Waals surface area contributed by atoms with E-state index in [1.165, 1.54) is 7.11 Å². The number of hydrogen-bond acceptors (Lipinski definition) is 4. The second kappa shape index (κ2) is 5.96. The average molecular weight is 291 g/mol. The minimum absolute atomic E-state index is 0.154. The molecule has 0 aliphatic heterocycles. The Labute approximate surface area is 126 Å².